The van der Waals surface area contributed by atoms with E-state index in [1.165, 1.54) is 109 Å². The fourth-order valence-corrected chi connectivity index (χ4v) is 8.67. The molecule has 0 saturated carbocycles. The van der Waals surface area contributed by atoms with Gasteiger partial charge in [-0.05, 0) is 128 Å². The van der Waals surface area contributed by atoms with Crippen LogP contribution in [0.4, 0.5) is 0 Å². The first-order valence-corrected chi connectivity index (χ1v) is 33.0. The molecule has 0 aromatic rings. The summed E-state index contributed by atoms with van der Waals surface area (Å²) in [5, 5.41) is 0. The molecule has 6 heteroatoms. The first-order valence-electron chi connectivity index (χ1n) is 33.0. The summed E-state index contributed by atoms with van der Waals surface area (Å²) in [6.45, 7) is 6.31. The molecule has 0 amide bonds. The standard InChI is InChI=1S/C75H120O6/c1-4-7-10-13-16-19-22-25-28-30-32-33-34-35-36-37-38-39-40-41-43-44-47-50-53-56-59-62-65-68-74(77)80-71-72(70-79-73(76)67-64-61-58-55-52-49-46-27-24-21-18-15-12-9-6-3)81-75(78)69-66-63-60-57-54-51-48-45-42-31-29-26-23-20-17-14-11-8-5-2/h7,9-10,12,16,18-19,21,25-29,32-33,35-36,38-39,41,43,46,52,55,61,64,72H,4-6,8,11,13-15,17,20,22-24,30-31,34,37,40,42,44-45,47-51,53-54,56-60,62-63,65-71H2,1-3H3/b10-7-,12-9-,19-16-,21-18-,28-25-,29-26-,33-32-,36-35-,39-38-,43-41-,46-27-,55-52-,64-61-. The lowest BCUT2D eigenvalue weighted by atomic mass is 10.1. The summed E-state index contributed by atoms with van der Waals surface area (Å²) >= 11 is 0. The maximum Gasteiger partial charge on any atom is 0.309 e. The van der Waals surface area contributed by atoms with Crippen molar-refractivity contribution < 1.29 is 28.6 Å². The summed E-state index contributed by atoms with van der Waals surface area (Å²) in [4.78, 5) is 38.3. The first kappa shape index (κ1) is 76.0. The van der Waals surface area contributed by atoms with E-state index in [9.17, 15) is 14.4 Å². The van der Waals surface area contributed by atoms with Gasteiger partial charge in [0.2, 0.25) is 0 Å². The van der Waals surface area contributed by atoms with Gasteiger partial charge in [0.1, 0.15) is 13.2 Å². The van der Waals surface area contributed by atoms with E-state index in [0.29, 0.717) is 12.8 Å². The van der Waals surface area contributed by atoms with Gasteiger partial charge in [-0.3, -0.25) is 14.4 Å². The molecule has 0 fully saturated rings. The van der Waals surface area contributed by atoms with E-state index in [2.05, 4.69) is 167 Å². The predicted octanol–water partition coefficient (Wildman–Crippen LogP) is 22.9. The van der Waals surface area contributed by atoms with Crippen molar-refractivity contribution in [3.63, 3.8) is 0 Å². The van der Waals surface area contributed by atoms with Gasteiger partial charge >= 0.3 is 17.9 Å². The van der Waals surface area contributed by atoms with Crippen molar-refractivity contribution in [2.45, 2.75) is 284 Å². The second-order valence-electron chi connectivity index (χ2n) is 21.3. The smallest absolute Gasteiger partial charge is 0.309 e. The zero-order valence-electron chi connectivity index (χ0n) is 52.2. The molecule has 0 heterocycles. The van der Waals surface area contributed by atoms with E-state index < -0.39 is 12.1 Å². The summed E-state index contributed by atoms with van der Waals surface area (Å²) in [6, 6.07) is 0. The molecule has 0 aromatic heterocycles. The number of ether oxygens (including phenoxy) is 3. The van der Waals surface area contributed by atoms with Crippen molar-refractivity contribution in [1.82, 2.24) is 0 Å². The topological polar surface area (TPSA) is 78.9 Å². The molecule has 0 aliphatic rings. The minimum atomic E-state index is -0.832. The number of hydrogen-bond donors (Lipinski definition) is 0. The number of unbranched alkanes of at least 4 members (excludes halogenated alkanes) is 22. The van der Waals surface area contributed by atoms with E-state index in [0.717, 1.165) is 128 Å². The van der Waals surface area contributed by atoms with Crippen LogP contribution in [0.1, 0.15) is 278 Å². The Bertz CT molecular complexity index is 1810. The summed E-state index contributed by atoms with van der Waals surface area (Å²) in [5.41, 5.74) is 0. The van der Waals surface area contributed by atoms with Gasteiger partial charge in [-0.15, -0.1) is 0 Å². The van der Waals surface area contributed by atoms with Crippen LogP contribution in [0.25, 0.3) is 0 Å². The Balaban J connectivity index is 4.44. The van der Waals surface area contributed by atoms with Crippen LogP contribution in [-0.2, 0) is 28.6 Å². The van der Waals surface area contributed by atoms with Gasteiger partial charge in [-0.1, -0.05) is 288 Å². The van der Waals surface area contributed by atoms with Gasteiger partial charge in [0.05, 0.1) is 6.42 Å². The molecule has 6 nitrogen and oxygen atoms in total. The Hall–Kier alpha value is -4.97. The third-order valence-electron chi connectivity index (χ3n) is 13.5. The Kier molecular flexibility index (Phi) is 63.4. The molecule has 0 radical (unpaired) electrons. The molecule has 0 spiro atoms. The number of rotatable bonds is 58. The molecule has 1 unspecified atom stereocenters. The maximum atomic E-state index is 12.9. The molecule has 0 bridgehead atoms. The zero-order chi connectivity index (χ0) is 58.5. The van der Waals surface area contributed by atoms with Crippen LogP contribution < -0.4 is 0 Å². The monoisotopic (exact) mass is 1120 g/mol. The highest BCUT2D eigenvalue weighted by Crippen LogP contribution is 2.15. The van der Waals surface area contributed by atoms with Crippen LogP contribution in [0.3, 0.4) is 0 Å². The van der Waals surface area contributed by atoms with Gasteiger partial charge in [-0.2, -0.15) is 0 Å². The van der Waals surface area contributed by atoms with E-state index >= 15 is 0 Å². The number of hydrogen-bond acceptors (Lipinski definition) is 6. The third-order valence-corrected chi connectivity index (χ3v) is 13.5. The molecule has 81 heavy (non-hydrogen) atoms. The van der Waals surface area contributed by atoms with Crippen LogP contribution in [0.5, 0.6) is 0 Å². The van der Waals surface area contributed by atoms with Crippen molar-refractivity contribution >= 4 is 17.9 Å². The summed E-state index contributed by atoms with van der Waals surface area (Å²) in [7, 11) is 0. The van der Waals surface area contributed by atoms with E-state index in [4.69, 9.17) is 14.2 Å². The van der Waals surface area contributed by atoms with E-state index in [-0.39, 0.29) is 31.6 Å². The normalized spacial score (nSPS) is 13.2. The lowest BCUT2D eigenvalue weighted by Crippen LogP contribution is -2.30. The SMILES string of the molecule is CC/C=C\C/C=C\C/C=C\C/C=C\C/C=C\C/C=C\C/C=C\CCCCCCCCCC(=O)OCC(COC(=O)C/C=C\C/C=C\C/C=C\C/C=C\C/C=C\CC)OC(=O)CCCCCCCCCCC/C=C\CCCCCCCC. The number of esters is 3. The minimum Gasteiger partial charge on any atom is -0.462 e. The quantitative estimate of drug-likeness (QED) is 0.0261. The molecule has 0 saturated heterocycles. The highest BCUT2D eigenvalue weighted by atomic mass is 16.6. The Morgan fingerprint density at radius 3 is 0.877 bits per heavy atom. The average molecular weight is 1120 g/mol. The Morgan fingerprint density at radius 2 is 0.531 bits per heavy atom. The highest BCUT2D eigenvalue weighted by molar-refractivity contribution is 5.72. The fraction of sp³-hybridized carbons (Fsp3) is 0.613. The third kappa shape index (κ3) is 65.7. The zero-order valence-corrected chi connectivity index (χ0v) is 52.2. The van der Waals surface area contributed by atoms with Crippen LogP contribution in [0.2, 0.25) is 0 Å². The van der Waals surface area contributed by atoms with Crippen molar-refractivity contribution in [1.29, 1.82) is 0 Å². The first-order chi connectivity index (χ1) is 40.0. The van der Waals surface area contributed by atoms with Gasteiger partial charge < -0.3 is 14.2 Å². The van der Waals surface area contributed by atoms with Crippen LogP contribution in [0.15, 0.2) is 158 Å². The molecule has 0 N–H and O–H groups in total. The summed E-state index contributed by atoms with van der Waals surface area (Å²) < 4.78 is 16.8. The van der Waals surface area contributed by atoms with E-state index in [1.54, 1.807) is 6.08 Å². The fourth-order valence-electron chi connectivity index (χ4n) is 8.67. The van der Waals surface area contributed by atoms with Crippen molar-refractivity contribution in [3.05, 3.63) is 158 Å². The van der Waals surface area contributed by atoms with E-state index in [1.807, 2.05) is 6.08 Å². The van der Waals surface area contributed by atoms with Crippen LogP contribution in [0, 0.1) is 0 Å². The second-order valence-corrected chi connectivity index (χ2v) is 21.3. The number of carbonyl (C=O) groups is 3. The maximum absolute atomic E-state index is 12.9. The number of allylic oxidation sites excluding steroid dienone is 25. The molecule has 456 valence electrons. The molecular weight excluding hydrogens is 997 g/mol. The second kappa shape index (κ2) is 67.5. The van der Waals surface area contributed by atoms with Crippen LogP contribution >= 0.6 is 0 Å². The van der Waals surface area contributed by atoms with Crippen molar-refractivity contribution in [2.24, 2.45) is 0 Å². The number of carbonyl (C=O) groups excluding carboxylic acids is 3. The average Bonchev–Trinajstić information content (AvgIpc) is 3.47. The van der Waals surface area contributed by atoms with Gasteiger partial charge in [-0.25, -0.2) is 0 Å². The minimum absolute atomic E-state index is 0.119. The van der Waals surface area contributed by atoms with Gasteiger partial charge in [0, 0.05) is 12.8 Å². The Morgan fingerprint density at radius 1 is 0.272 bits per heavy atom. The summed E-state index contributed by atoms with van der Waals surface area (Å²) in [6.07, 6.45) is 98.5. The lowest BCUT2D eigenvalue weighted by Gasteiger charge is -2.18. The molecule has 0 rings (SSSR count). The molecule has 1 atom stereocenters. The summed E-state index contributed by atoms with van der Waals surface area (Å²) in [5.74, 6) is -1.07. The predicted molar refractivity (Wildman–Crippen MR) is 352 cm³/mol. The van der Waals surface area contributed by atoms with Crippen molar-refractivity contribution in [2.75, 3.05) is 13.2 Å². The molecule has 0 aliphatic heterocycles. The molecular formula is C75H120O6. The van der Waals surface area contributed by atoms with Crippen molar-refractivity contribution in [3.8, 4) is 0 Å². The molecule has 0 aromatic carbocycles. The lowest BCUT2D eigenvalue weighted by molar-refractivity contribution is -0.166. The van der Waals surface area contributed by atoms with Gasteiger partial charge in [0.25, 0.3) is 0 Å². The Labute approximate surface area is 499 Å². The van der Waals surface area contributed by atoms with Gasteiger partial charge in [0.15, 0.2) is 6.10 Å². The largest absolute Gasteiger partial charge is 0.462 e. The van der Waals surface area contributed by atoms with Crippen LogP contribution in [-0.4, -0.2) is 37.2 Å². The highest BCUT2D eigenvalue weighted by Gasteiger charge is 2.19. The molecule has 0 aliphatic carbocycles.